The maximum Gasteiger partial charge on any atom is 0.275 e. The fourth-order valence-electron chi connectivity index (χ4n) is 1.31. The van der Waals surface area contributed by atoms with E-state index in [9.17, 15) is 14.5 Å². The van der Waals surface area contributed by atoms with E-state index in [1.54, 1.807) is 18.2 Å². The van der Waals surface area contributed by atoms with E-state index in [0.29, 0.717) is 4.90 Å². The minimum absolute atomic E-state index is 0.0306. The van der Waals surface area contributed by atoms with Crippen molar-refractivity contribution in [3.63, 3.8) is 0 Å². The number of aromatic nitrogens is 1. The largest absolute Gasteiger partial charge is 0.383 e. The van der Waals surface area contributed by atoms with Crippen molar-refractivity contribution in [2.24, 2.45) is 0 Å². The first-order chi connectivity index (χ1) is 8.56. The molecular weight excluding hydrogens is 257 g/mol. The highest BCUT2D eigenvalue weighted by atomic mass is 32.2. The molecule has 1 heterocycles. The summed E-state index contributed by atoms with van der Waals surface area (Å²) in [5.41, 5.74) is 5.30. The summed E-state index contributed by atoms with van der Waals surface area (Å²) in [5.74, 6) is -0.377. The van der Waals surface area contributed by atoms with Crippen LogP contribution in [0.15, 0.2) is 46.3 Å². The first kappa shape index (κ1) is 12.3. The van der Waals surface area contributed by atoms with Gasteiger partial charge in [-0.15, -0.1) is 0 Å². The van der Waals surface area contributed by atoms with Crippen LogP contribution in [0.2, 0.25) is 0 Å². The number of benzene rings is 1. The summed E-state index contributed by atoms with van der Waals surface area (Å²) < 4.78 is 13.4. The van der Waals surface area contributed by atoms with Crippen LogP contribution in [0.5, 0.6) is 0 Å². The Bertz CT molecular complexity index is 607. The van der Waals surface area contributed by atoms with E-state index in [0.717, 1.165) is 17.8 Å². The van der Waals surface area contributed by atoms with Crippen molar-refractivity contribution in [1.82, 2.24) is 4.98 Å². The van der Waals surface area contributed by atoms with Gasteiger partial charge in [0.25, 0.3) is 5.69 Å². The van der Waals surface area contributed by atoms with E-state index in [4.69, 9.17) is 5.73 Å². The van der Waals surface area contributed by atoms with Crippen LogP contribution in [-0.4, -0.2) is 9.91 Å². The molecule has 0 spiro atoms. The summed E-state index contributed by atoms with van der Waals surface area (Å²) in [4.78, 5) is 14.4. The van der Waals surface area contributed by atoms with Crippen LogP contribution < -0.4 is 5.73 Å². The zero-order chi connectivity index (χ0) is 13.1. The minimum Gasteiger partial charge on any atom is -0.383 e. The van der Waals surface area contributed by atoms with Crippen LogP contribution in [0.3, 0.4) is 0 Å². The summed E-state index contributed by atoms with van der Waals surface area (Å²) in [6.45, 7) is 0. The van der Waals surface area contributed by atoms with Gasteiger partial charge >= 0.3 is 0 Å². The fourth-order valence-corrected chi connectivity index (χ4v) is 2.18. The smallest absolute Gasteiger partial charge is 0.275 e. The van der Waals surface area contributed by atoms with Gasteiger partial charge in [-0.3, -0.25) is 10.1 Å². The monoisotopic (exact) mass is 265 g/mol. The van der Waals surface area contributed by atoms with Crippen LogP contribution in [0.4, 0.5) is 15.9 Å². The van der Waals surface area contributed by atoms with Crippen LogP contribution in [0.25, 0.3) is 0 Å². The third-order valence-electron chi connectivity index (χ3n) is 2.07. The van der Waals surface area contributed by atoms with Crippen molar-refractivity contribution in [2.45, 2.75) is 9.92 Å². The first-order valence-corrected chi connectivity index (χ1v) is 5.72. The number of nitrogens with two attached hydrogens (primary N) is 1. The number of hydrogen-bond donors (Lipinski definition) is 1. The molecule has 2 N–H and O–H groups in total. The molecule has 0 saturated carbocycles. The van der Waals surface area contributed by atoms with Crippen molar-refractivity contribution in [3.05, 3.63) is 52.3 Å². The van der Waals surface area contributed by atoms with Gasteiger partial charge in [-0.05, 0) is 12.1 Å². The number of pyridine rings is 1. The van der Waals surface area contributed by atoms with Gasteiger partial charge in [-0.2, -0.15) is 0 Å². The van der Waals surface area contributed by atoms with E-state index in [1.807, 2.05) is 0 Å². The Morgan fingerprint density at radius 1 is 1.33 bits per heavy atom. The summed E-state index contributed by atoms with van der Waals surface area (Å²) in [7, 11) is 0. The van der Waals surface area contributed by atoms with Crippen LogP contribution in [0.1, 0.15) is 0 Å². The molecule has 18 heavy (non-hydrogen) atoms. The van der Waals surface area contributed by atoms with Gasteiger partial charge in [0.05, 0.1) is 11.0 Å². The normalized spacial score (nSPS) is 10.3. The highest BCUT2D eigenvalue weighted by Gasteiger charge is 2.12. The van der Waals surface area contributed by atoms with E-state index >= 15 is 0 Å². The molecule has 1 aromatic carbocycles. The van der Waals surface area contributed by atoms with E-state index in [1.165, 1.54) is 12.1 Å². The van der Waals surface area contributed by atoms with E-state index < -0.39 is 10.7 Å². The summed E-state index contributed by atoms with van der Waals surface area (Å²) >= 11 is 0.989. The minimum atomic E-state index is -0.566. The molecule has 0 saturated heterocycles. The van der Waals surface area contributed by atoms with Gasteiger partial charge in [0.2, 0.25) is 0 Å². The lowest BCUT2D eigenvalue weighted by Crippen LogP contribution is -1.96. The molecule has 7 heteroatoms. The highest BCUT2D eigenvalue weighted by Crippen LogP contribution is 2.31. The number of nitrogen functional groups attached to an aromatic ring is 1. The molecule has 0 aliphatic rings. The SMILES string of the molecule is Nc1cc([N+](=O)[O-])cc(Sc2ccccc2F)n1. The molecule has 0 unspecified atom stereocenters. The lowest BCUT2D eigenvalue weighted by Gasteiger charge is -2.03. The lowest BCUT2D eigenvalue weighted by atomic mass is 10.3. The summed E-state index contributed by atoms with van der Waals surface area (Å²) in [5, 5.41) is 10.9. The second-order valence-corrected chi connectivity index (χ2v) is 4.44. The molecule has 5 nitrogen and oxygen atoms in total. The van der Waals surface area contributed by atoms with Gasteiger partial charge < -0.3 is 5.73 Å². The van der Waals surface area contributed by atoms with Crippen LogP contribution in [-0.2, 0) is 0 Å². The Kier molecular flexibility index (Phi) is 3.42. The Hall–Kier alpha value is -2.15. The first-order valence-electron chi connectivity index (χ1n) is 4.90. The van der Waals surface area contributed by atoms with Gasteiger partial charge in [-0.25, -0.2) is 9.37 Å². The molecule has 0 atom stereocenters. The third kappa shape index (κ3) is 2.75. The van der Waals surface area contributed by atoms with Gasteiger partial charge in [-0.1, -0.05) is 23.9 Å². The predicted octanol–water partition coefficient (Wildman–Crippen LogP) is 2.86. The summed E-state index contributed by atoms with van der Waals surface area (Å²) in [6.07, 6.45) is 0. The number of nitro groups is 1. The molecular formula is C11H8FN3O2S. The molecule has 0 fully saturated rings. The predicted molar refractivity (Wildman–Crippen MR) is 65.8 cm³/mol. The molecule has 2 rings (SSSR count). The zero-order valence-corrected chi connectivity index (χ0v) is 9.86. The van der Waals surface area contributed by atoms with Crippen LogP contribution >= 0.6 is 11.8 Å². The molecule has 0 radical (unpaired) electrons. The maximum atomic E-state index is 13.4. The van der Waals surface area contributed by atoms with Gasteiger partial charge in [0, 0.05) is 11.0 Å². The quantitative estimate of drug-likeness (QED) is 0.681. The molecule has 1 aromatic heterocycles. The fraction of sp³-hybridized carbons (Fsp3) is 0. The van der Waals surface area contributed by atoms with Crippen molar-refractivity contribution in [2.75, 3.05) is 5.73 Å². The number of nitrogens with zero attached hydrogens (tertiary/aromatic N) is 2. The molecule has 92 valence electrons. The number of rotatable bonds is 3. The second-order valence-electron chi connectivity index (χ2n) is 3.38. The lowest BCUT2D eigenvalue weighted by molar-refractivity contribution is -0.385. The molecule has 0 amide bonds. The van der Waals surface area contributed by atoms with Crippen LogP contribution in [0, 0.1) is 15.9 Å². The molecule has 0 aliphatic heterocycles. The van der Waals surface area contributed by atoms with Crippen molar-refractivity contribution in [3.8, 4) is 0 Å². The Balaban J connectivity index is 2.35. The summed E-state index contributed by atoms with van der Waals surface area (Å²) in [6, 6.07) is 8.53. The van der Waals surface area contributed by atoms with Crippen molar-refractivity contribution < 1.29 is 9.31 Å². The molecule has 2 aromatic rings. The zero-order valence-electron chi connectivity index (χ0n) is 9.04. The van der Waals surface area contributed by atoms with E-state index in [2.05, 4.69) is 4.98 Å². The second kappa shape index (κ2) is 5.01. The molecule has 0 bridgehead atoms. The Morgan fingerprint density at radius 3 is 2.72 bits per heavy atom. The Morgan fingerprint density at radius 2 is 2.06 bits per heavy atom. The average molecular weight is 265 g/mol. The number of hydrogen-bond acceptors (Lipinski definition) is 5. The third-order valence-corrected chi connectivity index (χ3v) is 3.04. The van der Waals surface area contributed by atoms with Gasteiger partial charge in [0.1, 0.15) is 16.7 Å². The topological polar surface area (TPSA) is 82.0 Å². The van der Waals surface area contributed by atoms with Crippen molar-refractivity contribution >= 4 is 23.3 Å². The number of anilines is 1. The van der Waals surface area contributed by atoms with Gasteiger partial charge in [0.15, 0.2) is 0 Å². The maximum absolute atomic E-state index is 13.4. The average Bonchev–Trinajstić information content (AvgIpc) is 2.31. The molecule has 0 aliphatic carbocycles. The van der Waals surface area contributed by atoms with Crippen molar-refractivity contribution in [1.29, 1.82) is 0 Å². The Labute approximate surface area is 106 Å². The number of halogens is 1. The van der Waals surface area contributed by atoms with E-state index in [-0.39, 0.29) is 16.5 Å². The standard InChI is InChI=1S/C11H8FN3O2S/c12-8-3-1-2-4-9(8)18-11-6-7(15(16)17)5-10(13)14-11/h1-6H,(H2,13,14). The highest BCUT2D eigenvalue weighted by molar-refractivity contribution is 7.99.